The van der Waals surface area contributed by atoms with E-state index in [4.69, 9.17) is 16.3 Å². The number of H-pyrrole nitrogens is 1. The number of sulfonamides is 2. The van der Waals surface area contributed by atoms with Gasteiger partial charge < -0.3 is 19.5 Å². The second-order valence-electron chi connectivity index (χ2n) is 18.5. The molecule has 68 heavy (non-hydrogen) atoms. The van der Waals surface area contributed by atoms with Crippen LogP contribution in [0.25, 0.3) is 16.6 Å². The van der Waals surface area contributed by atoms with E-state index in [1.54, 1.807) is 24.4 Å². The van der Waals surface area contributed by atoms with Crippen LogP contribution in [-0.4, -0.2) is 122 Å². The zero-order valence-corrected chi connectivity index (χ0v) is 41.4. The molecule has 2 aromatic heterocycles. The first-order valence-corrected chi connectivity index (χ1v) is 28.0. The van der Waals surface area contributed by atoms with Gasteiger partial charge in [0.15, 0.2) is 0 Å². The van der Waals surface area contributed by atoms with Crippen LogP contribution in [0.4, 0.5) is 11.4 Å². The van der Waals surface area contributed by atoms with Crippen LogP contribution < -0.4 is 14.4 Å². The Kier molecular flexibility index (Phi) is 14.4. The van der Waals surface area contributed by atoms with Crippen molar-refractivity contribution in [2.24, 2.45) is 9.18 Å². The topological polar surface area (TPSA) is 218 Å². The van der Waals surface area contributed by atoms with Crippen molar-refractivity contribution in [2.45, 2.75) is 50.8 Å². The van der Waals surface area contributed by atoms with E-state index in [-0.39, 0.29) is 34.7 Å². The molecule has 1 amide bonds. The summed E-state index contributed by atoms with van der Waals surface area (Å²) in [6.45, 7) is 9.69. The molecule has 0 radical (unpaired) electrons. The summed E-state index contributed by atoms with van der Waals surface area (Å²) in [5, 5.41) is 13.7. The molecule has 0 unspecified atom stereocenters. The highest BCUT2D eigenvalue weighted by molar-refractivity contribution is 8.03. The number of piperazine rings is 1. The number of rotatable bonds is 15. The van der Waals surface area contributed by atoms with E-state index in [2.05, 4.69) is 54.2 Å². The van der Waals surface area contributed by atoms with Gasteiger partial charge in [0.1, 0.15) is 17.1 Å². The zero-order chi connectivity index (χ0) is 48.4. The van der Waals surface area contributed by atoms with Crippen molar-refractivity contribution in [3.63, 3.8) is 0 Å². The number of aromatic nitrogens is 2. The summed E-state index contributed by atoms with van der Waals surface area (Å²) in [4.78, 5) is 39.2. The largest absolute Gasteiger partial charge is 0.455 e. The Labute approximate surface area is 402 Å². The van der Waals surface area contributed by atoms with Crippen LogP contribution >= 0.6 is 11.6 Å². The number of nitrogens with zero attached hydrogens (tertiary/aromatic N) is 6. The molecule has 5 aromatic rings. The molecule has 2 aliphatic heterocycles. The van der Waals surface area contributed by atoms with Crippen LogP contribution in [-0.2, 0) is 36.2 Å². The molecule has 1 aliphatic carbocycles. The Hall–Kier alpha value is -5.38. The molecule has 3 aromatic carbocycles. The maximum atomic E-state index is 14.0. The minimum Gasteiger partial charge on any atom is -0.455 e. The number of hydrogen-bond acceptors (Lipinski definition) is 13. The number of benzene rings is 3. The molecule has 0 saturated carbocycles. The summed E-state index contributed by atoms with van der Waals surface area (Å²) in [5.74, 6) is -0.377. The third-order valence-electron chi connectivity index (χ3n) is 12.8. The number of aromatic amines is 1. The minimum atomic E-state index is -4.62. The van der Waals surface area contributed by atoms with Gasteiger partial charge in [-0.2, -0.15) is 0 Å². The molecule has 4 heterocycles. The Morgan fingerprint density at radius 3 is 2.41 bits per heavy atom. The van der Waals surface area contributed by atoms with Gasteiger partial charge in [0, 0.05) is 97.3 Å². The Morgan fingerprint density at radius 2 is 1.71 bits per heavy atom. The van der Waals surface area contributed by atoms with Crippen LogP contribution in [0.5, 0.6) is 11.5 Å². The van der Waals surface area contributed by atoms with E-state index in [0.29, 0.717) is 61.1 Å². The lowest BCUT2D eigenvalue weighted by Crippen LogP contribution is -2.47. The number of amides is 1. The van der Waals surface area contributed by atoms with E-state index in [9.17, 15) is 36.0 Å². The molecule has 0 bridgehead atoms. The van der Waals surface area contributed by atoms with Crippen molar-refractivity contribution in [3.05, 3.63) is 123 Å². The smallest absolute Gasteiger partial charge is 0.273 e. The van der Waals surface area contributed by atoms with Crippen LogP contribution in [0.15, 0.2) is 99.4 Å². The number of hydrogen-bond donors (Lipinski definition) is 2. The monoisotopic (exact) mass is 1010 g/mol. The van der Waals surface area contributed by atoms with Crippen molar-refractivity contribution in [1.29, 1.82) is 0 Å². The number of nitro groups is 1. The Bertz CT molecular complexity index is 3110. The van der Waals surface area contributed by atoms with Crippen LogP contribution in [0.2, 0.25) is 5.02 Å². The normalized spacial score (nSPS) is 18.1. The average Bonchev–Trinajstić information content (AvgIpc) is 3.75. The highest BCUT2D eigenvalue weighted by atomic mass is 35.5. The number of nitrogens with one attached hydrogen (secondary N) is 2. The molecule has 2 saturated heterocycles. The molecule has 0 atom stereocenters. The van der Waals surface area contributed by atoms with E-state index >= 15 is 0 Å². The molecule has 3 aliphatic rings. The summed E-state index contributed by atoms with van der Waals surface area (Å²) >= 11 is 6.24. The van der Waals surface area contributed by atoms with Gasteiger partial charge in [0.2, 0.25) is 0 Å². The fraction of sp³-hybridized carbons (Fsp3) is 0.404. The van der Waals surface area contributed by atoms with Gasteiger partial charge in [-0.15, -0.1) is 3.77 Å². The maximum absolute atomic E-state index is 14.0. The van der Waals surface area contributed by atoms with E-state index in [0.717, 1.165) is 62.3 Å². The lowest BCUT2D eigenvalue weighted by atomic mass is 9.72. The third-order valence-corrected chi connectivity index (χ3v) is 18.2. The first-order chi connectivity index (χ1) is 32.2. The number of allylic oxidation sites excluding steroid dienone is 1. The highest BCUT2D eigenvalue weighted by Crippen LogP contribution is 2.43. The van der Waals surface area contributed by atoms with Gasteiger partial charge in [-0.05, 0) is 97.7 Å². The number of aryl methyl sites for hydroxylation is 1. The lowest BCUT2D eigenvalue weighted by molar-refractivity contribution is -0.385. The molecule has 0 spiro atoms. The average molecular weight is 1010 g/mol. The predicted molar refractivity (Wildman–Crippen MR) is 265 cm³/mol. The van der Waals surface area contributed by atoms with Gasteiger partial charge in [-0.25, -0.2) is 30.8 Å². The molecule has 8 rings (SSSR count). The number of halogens is 1. The standard InChI is InChI=1S/C47H55ClN8O9S3/c1-47(2)16-14-36(42(30-47)33-6-9-37(48)10-7-33)32-54-19-21-55(22-20-54)38-11-13-41(44(28-38)65-39-27-35-15-17-49-45(35)50-31-39)46(57)51-68(63,64)40-12-8-34(43(29-40)56(58)59)5-4-18-53-23-25-67(62,26-24-53)52-66(3,60)61/h6-13,15,17,27-29,31H,4-5,14,16,18-26,30,32H2,1-3H3,(H,49,50)(H,51,57). The fourth-order valence-corrected chi connectivity index (χ4v) is 14.1. The van der Waals surface area contributed by atoms with E-state index < -0.39 is 51.2 Å². The number of carbonyl (C=O) groups excluding carboxylic acids is 1. The Morgan fingerprint density at radius 1 is 0.971 bits per heavy atom. The van der Waals surface area contributed by atoms with E-state index in [1.807, 2.05) is 23.1 Å². The van der Waals surface area contributed by atoms with Gasteiger partial charge in [-0.3, -0.25) is 19.8 Å². The number of ether oxygens (including phenoxy) is 1. The maximum Gasteiger partial charge on any atom is 0.273 e. The van der Waals surface area contributed by atoms with Gasteiger partial charge in [0.05, 0.1) is 37.6 Å². The minimum absolute atomic E-state index is 0.0725. The van der Waals surface area contributed by atoms with Crippen LogP contribution in [0.1, 0.15) is 61.0 Å². The fourth-order valence-electron chi connectivity index (χ4n) is 9.10. The second kappa shape index (κ2) is 19.9. The number of carbonyl (C=O) groups is 1. The first-order valence-electron chi connectivity index (χ1n) is 22.4. The van der Waals surface area contributed by atoms with Crippen LogP contribution in [0.3, 0.4) is 0 Å². The highest BCUT2D eigenvalue weighted by Gasteiger charge is 2.31. The zero-order valence-electron chi connectivity index (χ0n) is 38.1. The number of pyridine rings is 1. The number of anilines is 1. The van der Waals surface area contributed by atoms with Crippen molar-refractivity contribution in [1.82, 2.24) is 24.5 Å². The van der Waals surface area contributed by atoms with Gasteiger partial charge >= 0.3 is 0 Å². The molecular weight excluding hydrogens is 952 g/mol. The molecule has 17 nitrogen and oxygen atoms in total. The second-order valence-corrected chi connectivity index (χ2v) is 25.0. The van der Waals surface area contributed by atoms with Crippen LogP contribution in [0, 0.1) is 15.5 Å². The van der Waals surface area contributed by atoms with Crippen molar-refractivity contribution in [2.75, 3.05) is 75.0 Å². The summed E-state index contributed by atoms with van der Waals surface area (Å²) in [5.41, 5.74) is 5.49. The molecule has 362 valence electrons. The van der Waals surface area contributed by atoms with Crippen molar-refractivity contribution >= 4 is 75.3 Å². The predicted octanol–water partition coefficient (Wildman–Crippen LogP) is 7.50. The molecule has 21 heteroatoms. The van der Waals surface area contributed by atoms with Crippen molar-refractivity contribution in [3.8, 4) is 11.5 Å². The molecular formula is C47H55ClN8O9S3. The summed E-state index contributed by atoms with van der Waals surface area (Å²) in [7, 11) is -11.2. The number of fused-ring (bicyclic) bond motifs is 1. The SMILES string of the molecule is CC1(C)CCC(CN2CCN(c3ccc(C(=O)NS(=O)(=O)c4ccc(CCCN5CCS(=O)(=NS(C)(=O)=O)CC5)c([N+](=O)[O-])c4)c(Oc4cnc5[nH]ccc5c4)c3)CC2)=C(c2ccc(Cl)cc2)C1. The quantitative estimate of drug-likeness (QED) is 0.0768. The lowest BCUT2D eigenvalue weighted by Gasteiger charge is -2.39. The van der Waals surface area contributed by atoms with Gasteiger partial charge in [0.25, 0.3) is 31.6 Å². The van der Waals surface area contributed by atoms with Gasteiger partial charge in [-0.1, -0.05) is 49.2 Å². The van der Waals surface area contributed by atoms with Crippen molar-refractivity contribution < 1.29 is 35.5 Å². The van der Waals surface area contributed by atoms with E-state index in [1.165, 1.54) is 41.1 Å². The first kappa shape index (κ1) is 49.1. The third kappa shape index (κ3) is 12.1. The summed E-state index contributed by atoms with van der Waals surface area (Å²) in [6.07, 6.45) is 7.99. The summed E-state index contributed by atoms with van der Waals surface area (Å²) < 4.78 is 75.5. The molecule has 2 N–H and O–H groups in total. The number of nitro benzene ring substituents is 1. The summed E-state index contributed by atoms with van der Waals surface area (Å²) in [6, 6.07) is 20.2. The molecule has 2 fully saturated rings. The Balaban J connectivity index is 0.963.